The van der Waals surface area contributed by atoms with Crippen LogP contribution in [0, 0.1) is 35.5 Å². The van der Waals surface area contributed by atoms with E-state index in [1.54, 1.807) is 35.7 Å². The third-order valence-electron chi connectivity index (χ3n) is 13.5. The Bertz CT molecular complexity index is 1920. The number of ketones is 2. The van der Waals surface area contributed by atoms with Crippen molar-refractivity contribution < 1.29 is 51.4 Å². The van der Waals surface area contributed by atoms with Crippen molar-refractivity contribution in [3.05, 3.63) is 30.5 Å². The molecule has 2 aromatic rings. The zero-order valence-electron chi connectivity index (χ0n) is 37.7. The fourth-order valence-corrected chi connectivity index (χ4v) is 10.1. The maximum absolute atomic E-state index is 14.6. The fraction of sp³-hybridized carbons (Fsp3) is 0.711. The van der Waals surface area contributed by atoms with Crippen molar-refractivity contribution in [3.8, 4) is 11.3 Å². The number of halogens is 3. The summed E-state index contributed by atoms with van der Waals surface area (Å²) in [6, 6.07) is 5.39. The van der Waals surface area contributed by atoms with E-state index in [2.05, 4.69) is 43.2 Å². The molecule has 2 amide bonds. The van der Waals surface area contributed by atoms with Gasteiger partial charge >= 0.3 is 24.1 Å². The number of benzene rings is 1. The highest BCUT2D eigenvalue weighted by molar-refractivity contribution is 6.00. The van der Waals surface area contributed by atoms with Gasteiger partial charge in [0.15, 0.2) is 5.60 Å². The number of fused-ring (bicyclic) bond motifs is 1. The number of Topliss-reactive ketones (excluding diaryl/α,β-unsaturated/α-hetero) is 2. The van der Waals surface area contributed by atoms with E-state index < -0.39 is 65.6 Å². The van der Waals surface area contributed by atoms with Crippen molar-refractivity contribution in [1.29, 1.82) is 0 Å². The third-order valence-corrected chi connectivity index (χ3v) is 13.5. The molecule has 12 atom stereocenters. The average Bonchev–Trinajstić information content (AvgIpc) is 3.79. The van der Waals surface area contributed by atoms with Gasteiger partial charge < -0.3 is 29.3 Å². The van der Waals surface area contributed by atoms with E-state index in [9.17, 15) is 37.1 Å². The minimum Gasteiger partial charge on any atom is -0.458 e. The highest BCUT2D eigenvalue weighted by atomic mass is 19.4. The number of amides is 2. The number of carbonyl (C=O) groups excluding carboxylic acids is 5. The summed E-state index contributed by atoms with van der Waals surface area (Å²) < 4.78 is 58.7. The molecular formula is C45H65F3N6O8. The summed E-state index contributed by atoms with van der Waals surface area (Å²) in [6.45, 7) is 15.5. The van der Waals surface area contributed by atoms with Crippen molar-refractivity contribution in [1.82, 2.24) is 24.8 Å². The Morgan fingerprint density at radius 2 is 1.66 bits per heavy atom. The number of aryl methyl sites for hydroxylation is 1. The number of carbonyl (C=O) groups is 5. The Kier molecular flexibility index (Phi) is 15.7. The quantitative estimate of drug-likeness (QED) is 0.137. The molecule has 0 bridgehead atoms. The lowest BCUT2D eigenvalue weighted by Gasteiger charge is -2.42. The number of alkyl halides is 3. The number of unbranched alkanes of at least 4 members (excludes halogenated alkanes) is 1. The SMILES string of the molecule is CC[C@H]1OC(=O)[C@H](C)C(=O)[C@H](C)C(C[C@H]2C[C@@H](N(C)C)C[C@@H](C)O2)[C@@H](C)C[C@@H](C)C(=O)[C@H](C)C2N(CCCCn3cc(-c4cccc(NC(=O)C(F)(F)F)c4)nn3)C(=O)O[C@@]21C. The van der Waals surface area contributed by atoms with Crippen LogP contribution in [0.4, 0.5) is 23.7 Å². The molecule has 1 N–H and O–H groups in total. The summed E-state index contributed by atoms with van der Waals surface area (Å²) >= 11 is 0. The standard InChI is InChI=1S/C45H65F3N6O8/c1-11-37-44(8)40(54(43(59)62-44)18-13-12-17-53-24-36(50-51-53)31-15-14-16-32(21-31)49-42(58)45(46,47)48)29(6)38(55)26(3)19-25(2)35(28(5)39(56)30(7)41(57)61-37)23-34-22-33(52(9)10)20-27(4)60-34/h14-16,21,24-30,33-35,37,40H,11-13,17-20,22-23H2,1-10H3,(H,49,58)/t25-,26+,27+,28+,29-,30+,33-,34+,35?,37+,40?,44+/m0/s1. The predicted octanol–water partition coefficient (Wildman–Crippen LogP) is 7.35. The van der Waals surface area contributed by atoms with E-state index in [-0.39, 0.29) is 54.3 Å². The van der Waals surface area contributed by atoms with Gasteiger partial charge in [0, 0.05) is 48.1 Å². The van der Waals surface area contributed by atoms with Crippen molar-refractivity contribution in [3.63, 3.8) is 0 Å². The molecule has 1 aromatic heterocycles. The minimum absolute atomic E-state index is 0.0435. The maximum atomic E-state index is 14.6. The van der Waals surface area contributed by atoms with Gasteiger partial charge in [-0.25, -0.2) is 4.79 Å². The summed E-state index contributed by atoms with van der Waals surface area (Å²) in [7, 11) is 4.13. The Hall–Kier alpha value is -4.38. The number of nitrogens with zero attached hydrogens (tertiary/aromatic N) is 5. The molecule has 3 fully saturated rings. The predicted molar refractivity (Wildman–Crippen MR) is 225 cm³/mol. The molecular weight excluding hydrogens is 810 g/mol. The number of hydrogen-bond acceptors (Lipinski definition) is 11. The molecule has 4 heterocycles. The number of esters is 1. The largest absolute Gasteiger partial charge is 0.471 e. The lowest BCUT2D eigenvalue weighted by atomic mass is 9.70. The fourth-order valence-electron chi connectivity index (χ4n) is 10.1. The van der Waals surface area contributed by atoms with Crippen molar-refractivity contribution >= 4 is 35.2 Å². The second-order valence-corrected chi connectivity index (χ2v) is 18.4. The van der Waals surface area contributed by atoms with Crippen molar-refractivity contribution in [2.75, 3.05) is 26.0 Å². The molecule has 0 saturated carbocycles. The van der Waals surface area contributed by atoms with E-state index in [4.69, 9.17) is 14.2 Å². The number of ether oxygens (including phenoxy) is 3. The highest BCUT2D eigenvalue weighted by Crippen LogP contribution is 2.43. The van der Waals surface area contributed by atoms with Gasteiger partial charge in [0.25, 0.3) is 0 Å². The van der Waals surface area contributed by atoms with Crippen LogP contribution in [-0.2, 0) is 39.9 Å². The molecule has 5 rings (SSSR count). The van der Waals surface area contributed by atoms with E-state index in [0.717, 1.165) is 12.8 Å². The average molecular weight is 875 g/mol. The molecule has 1 aromatic carbocycles. The summed E-state index contributed by atoms with van der Waals surface area (Å²) in [5, 5.41) is 10.1. The Labute approximate surface area is 362 Å². The zero-order chi connectivity index (χ0) is 45.8. The molecule has 344 valence electrons. The molecule has 3 aliphatic heterocycles. The maximum Gasteiger partial charge on any atom is 0.471 e. The summed E-state index contributed by atoms with van der Waals surface area (Å²) in [5.41, 5.74) is -0.615. The van der Waals surface area contributed by atoms with Crippen molar-refractivity contribution in [2.24, 2.45) is 35.5 Å². The normalized spacial score (nSPS) is 32.9. The molecule has 62 heavy (non-hydrogen) atoms. The van der Waals surface area contributed by atoms with Crippen LogP contribution >= 0.6 is 0 Å². The van der Waals surface area contributed by atoms with Crippen LogP contribution in [0.15, 0.2) is 30.5 Å². The second-order valence-electron chi connectivity index (χ2n) is 18.4. The third kappa shape index (κ3) is 11.0. The Morgan fingerprint density at radius 1 is 0.968 bits per heavy atom. The number of aromatic nitrogens is 3. The van der Waals surface area contributed by atoms with Crippen LogP contribution in [0.5, 0.6) is 0 Å². The second kappa shape index (κ2) is 20.0. The molecule has 17 heteroatoms. The summed E-state index contributed by atoms with van der Waals surface area (Å²) in [5.74, 6) is -5.99. The van der Waals surface area contributed by atoms with Gasteiger partial charge in [-0.1, -0.05) is 52.0 Å². The first-order chi connectivity index (χ1) is 29.0. The van der Waals surface area contributed by atoms with Gasteiger partial charge in [-0.15, -0.1) is 5.10 Å². The highest BCUT2D eigenvalue weighted by Gasteiger charge is 2.59. The van der Waals surface area contributed by atoms with Crippen LogP contribution in [0.3, 0.4) is 0 Å². The topological polar surface area (TPSA) is 162 Å². The van der Waals surface area contributed by atoms with Gasteiger partial charge in [0.1, 0.15) is 29.3 Å². The first-order valence-electron chi connectivity index (χ1n) is 22.0. The van der Waals surface area contributed by atoms with Crippen LogP contribution < -0.4 is 5.32 Å². The summed E-state index contributed by atoms with van der Waals surface area (Å²) in [6.07, 6.45) is -0.898. The summed E-state index contributed by atoms with van der Waals surface area (Å²) in [4.78, 5) is 71.7. The van der Waals surface area contributed by atoms with Crippen LogP contribution in [0.25, 0.3) is 11.3 Å². The molecule has 3 aliphatic rings. The zero-order valence-corrected chi connectivity index (χ0v) is 37.7. The van der Waals surface area contributed by atoms with Gasteiger partial charge in [0.05, 0.1) is 24.4 Å². The molecule has 0 radical (unpaired) electrons. The molecule has 3 saturated heterocycles. The number of hydrogen-bond donors (Lipinski definition) is 1. The van der Waals surface area contributed by atoms with E-state index in [1.807, 2.05) is 33.0 Å². The first-order valence-corrected chi connectivity index (χ1v) is 22.0. The van der Waals surface area contributed by atoms with E-state index in [1.165, 1.54) is 18.2 Å². The van der Waals surface area contributed by atoms with Crippen LogP contribution in [0.1, 0.15) is 100 Å². The van der Waals surface area contributed by atoms with Crippen LogP contribution in [-0.4, -0.2) is 117 Å². The number of nitrogens with one attached hydrogen (secondary N) is 1. The van der Waals surface area contributed by atoms with Gasteiger partial charge in [-0.2, -0.15) is 13.2 Å². The molecule has 2 unspecified atom stereocenters. The van der Waals surface area contributed by atoms with E-state index in [0.29, 0.717) is 49.5 Å². The Balaban J connectivity index is 1.33. The molecule has 0 spiro atoms. The lowest BCUT2D eigenvalue weighted by molar-refractivity contribution is -0.171. The van der Waals surface area contributed by atoms with Crippen LogP contribution in [0.2, 0.25) is 0 Å². The number of rotatable bonds is 11. The lowest BCUT2D eigenvalue weighted by Crippen LogP contribution is -2.57. The first kappa shape index (κ1) is 48.6. The van der Waals surface area contributed by atoms with Gasteiger partial charge in [-0.3, -0.25) is 23.9 Å². The van der Waals surface area contributed by atoms with Gasteiger partial charge in [0.2, 0.25) is 0 Å². The number of anilines is 1. The minimum atomic E-state index is -5.03. The van der Waals surface area contributed by atoms with Crippen molar-refractivity contribution in [2.45, 2.75) is 149 Å². The molecule has 14 nitrogen and oxygen atoms in total. The monoisotopic (exact) mass is 874 g/mol. The number of cyclic esters (lactones) is 1. The smallest absolute Gasteiger partial charge is 0.458 e. The van der Waals surface area contributed by atoms with Gasteiger partial charge in [-0.05, 0) is 104 Å². The molecule has 0 aliphatic carbocycles. The van der Waals surface area contributed by atoms with E-state index >= 15 is 0 Å². The Morgan fingerprint density at radius 3 is 2.32 bits per heavy atom.